The molecule has 2 aliphatic heterocycles. The van der Waals surface area contributed by atoms with E-state index in [1.807, 2.05) is 28.0 Å². The SMILES string of the molecule is CCS(=O)(=O)N1CCN(CC(=O)N2CCc3ccccc32)CC1. The van der Waals surface area contributed by atoms with Crippen molar-refractivity contribution < 1.29 is 13.2 Å². The number of benzene rings is 1. The molecule has 126 valence electrons. The number of hydrogen-bond acceptors (Lipinski definition) is 4. The van der Waals surface area contributed by atoms with E-state index in [1.54, 1.807) is 6.92 Å². The molecule has 1 fully saturated rings. The molecule has 0 saturated carbocycles. The smallest absolute Gasteiger partial charge is 0.241 e. The lowest BCUT2D eigenvalue weighted by molar-refractivity contribution is -0.119. The van der Waals surface area contributed by atoms with Crippen molar-refractivity contribution in [1.29, 1.82) is 0 Å². The monoisotopic (exact) mass is 337 g/mol. The van der Waals surface area contributed by atoms with Gasteiger partial charge in [-0.3, -0.25) is 9.69 Å². The number of piperazine rings is 1. The van der Waals surface area contributed by atoms with E-state index in [9.17, 15) is 13.2 Å². The van der Waals surface area contributed by atoms with Gasteiger partial charge in [0.05, 0.1) is 12.3 Å². The molecule has 1 amide bonds. The molecule has 1 saturated heterocycles. The van der Waals surface area contributed by atoms with E-state index >= 15 is 0 Å². The minimum Gasteiger partial charge on any atom is -0.311 e. The molecule has 1 aromatic rings. The van der Waals surface area contributed by atoms with E-state index in [0.29, 0.717) is 32.7 Å². The van der Waals surface area contributed by atoms with Gasteiger partial charge in [-0.25, -0.2) is 8.42 Å². The number of carbonyl (C=O) groups excluding carboxylic acids is 1. The van der Waals surface area contributed by atoms with Crippen LogP contribution in [0.15, 0.2) is 24.3 Å². The van der Waals surface area contributed by atoms with Gasteiger partial charge in [0.1, 0.15) is 0 Å². The topological polar surface area (TPSA) is 60.9 Å². The summed E-state index contributed by atoms with van der Waals surface area (Å²) < 4.78 is 25.3. The highest BCUT2D eigenvalue weighted by Crippen LogP contribution is 2.27. The molecular weight excluding hydrogens is 314 g/mol. The summed E-state index contributed by atoms with van der Waals surface area (Å²) in [6.45, 7) is 4.92. The molecular formula is C16H23N3O3S. The van der Waals surface area contributed by atoms with Gasteiger partial charge in [-0.1, -0.05) is 18.2 Å². The van der Waals surface area contributed by atoms with Gasteiger partial charge in [-0.15, -0.1) is 0 Å². The van der Waals surface area contributed by atoms with Crippen LogP contribution < -0.4 is 4.90 Å². The van der Waals surface area contributed by atoms with E-state index in [1.165, 1.54) is 9.87 Å². The third kappa shape index (κ3) is 3.41. The van der Waals surface area contributed by atoms with Gasteiger partial charge in [0, 0.05) is 38.4 Å². The Kier molecular flexibility index (Phi) is 4.70. The Morgan fingerprint density at radius 3 is 2.48 bits per heavy atom. The summed E-state index contributed by atoms with van der Waals surface area (Å²) >= 11 is 0. The quantitative estimate of drug-likeness (QED) is 0.805. The molecule has 2 aliphatic rings. The lowest BCUT2D eigenvalue weighted by Crippen LogP contribution is -2.51. The van der Waals surface area contributed by atoms with Crippen molar-refractivity contribution >= 4 is 21.6 Å². The summed E-state index contributed by atoms with van der Waals surface area (Å²) in [5.74, 6) is 0.234. The zero-order chi connectivity index (χ0) is 16.4. The maximum absolute atomic E-state index is 12.6. The summed E-state index contributed by atoms with van der Waals surface area (Å²) in [5.41, 5.74) is 2.24. The molecule has 23 heavy (non-hydrogen) atoms. The van der Waals surface area contributed by atoms with Crippen LogP contribution in [0.2, 0.25) is 0 Å². The lowest BCUT2D eigenvalue weighted by atomic mass is 10.2. The first kappa shape index (κ1) is 16.4. The second kappa shape index (κ2) is 6.59. The fourth-order valence-electron chi connectivity index (χ4n) is 3.22. The first-order valence-corrected chi connectivity index (χ1v) is 9.70. The number of sulfonamides is 1. The normalized spacial score (nSPS) is 19.8. The fraction of sp³-hybridized carbons (Fsp3) is 0.562. The Labute approximate surface area is 137 Å². The zero-order valence-electron chi connectivity index (χ0n) is 13.4. The third-order valence-corrected chi connectivity index (χ3v) is 6.52. The van der Waals surface area contributed by atoms with Crippen LogP contribution >= 0.6 is 0 Å². The van der Waals surface area contributed by atoms with Crippen molar-refractivity contribution in [2.45, 2.75) is 13.3 Å². The van der Waals surface area contributed by atoms with Crippen LogP contribution in [0.5, 0.6) is 0 Å². The Morgan fingerprint density at radius 1 is 1.09 bits per heavy atom. The van der Waals surface area contributed by atoms with Crippen molar-refractivity contribution in [3.8, 4) is 0 Å². The predicted octanol–water partition coefficient (Wildman–Crippen LogP) is 0.543. The number of para-hydroxylation sites is 1. The molecule has 0 aliphatic carbocycles. The van der Waals surface area contributed by atoms with Gasteiger partial charge in [0.15, 0.2) is 0 Å². The molecule has 0 radical (unpaired) electrons. The van der Waals surface area contributed by atoms with Crippen molar-refractivity contribution in [2.24, 2.45) is 0 Å². The minimum absolute atomic E-state index is 0.0988. The van der Waals surface area contributed by atoms with Crippen molar-refractivity contribution in [3.63, 3.8) is 0 Å². The van der Waals surface area contributed by atoms with Gasteiger partial charge < -0.3 is 4.90 Å². The highest BCUT2D eigenvalue weighted by Gasteiger charge is 2.29. The second-order valence-corrected chi connectivity index (χ2v) is 8.26. The van der Waals surface area contributed by atoms with Crippen LogP contribution in [-0.4, -0.2) is 68.6 Å². The standard InChI is InChI=1S/C16H23N3O3S/c1-2-23(21,22)18-11-9-17(10-12-18)13-16(20)19-8-7-14-5-3-4-6-15(14)19/h3-6H,2,7-13H2,1H3. The highest BCUT2D eigenvalue weighted by atomic mass is 32.2. The average Bonchev–Trinajstić information content (AvgIpc) is 2.99. The minimum atomic E-state index is -3.12. The Hall–Kier alpha value is -1.44. The number of carbonyl (C=O) groups is 1. The molecule has 7 heteroatoms. The molecule has 1 aromatic carbocycles. The van der Waals surface area contributed by atoms with Crippen molar-refractivity contribution in [1.82, 2.24) is 9.21 Å². The first-order valence-electron chi connectivity index (χ1n) is 8.09. The van der Waals surface area contributed by atoms with Gasteiger partial charge >= 0.3 is 0 Å². The van der Waals surface area contributed by atoms with E-state index in [2.05, 4.69) is 6.07 Å². The fourth-order valence-corrected chi connectivity index (χ4v) is 4.31. The Morgan fingerprint density at radius 2 is 1.78 bits per heavy atom. The molecule has 0 N–H and O–H groups in total. The maximum atomic E-state index is 12.6. The van der Waals surface area contributed by atoms with E-state index in [4.69, 9.17) is 0 Å². The van der Waals surface area contributed by atoms with Gasteiger partial charge in [-0.05, 0) is 25.0 Å². The summed E-state index contributed by atoms with van der Waals surface area (Å²) in [6, 6.07) is 8.02. The third-order valence-electron chi connectivity index (χ3n) is 4.64. The van der Waals surface area contributed by atoms with Crippen molar-refractivity contribution in [3.05, 3.63) is 29.8 Å². The van der Waals surface area contributed by atoms with Crippen LogP contribution in [0.4, 0.5) is 5.69 Å². The summed E-state index contributed by atoms with van der Waals surface area (Å²) in [4.78, 5) is 16.5. The van der Waals surface area contributed by atoms with Crippen molar-refractivity contribution in [2.75, 3.05) is 49.9 Å². The molecule has 2 heterocycles. The van der Waals surface area contributed by atoms with Gasteiger partial charge in [0.25, 0.3) is 0 Å². The molecule has 0 bridgehead atoms. The van der Waals surface area contributed by atoms with Crippen LogP contribution in [0.25, 0.3) is 0 Å². The van der Waals surface area contributed by atoms with Gasteiger partial charge in [-0.2, -0.15) is 4.31 Å². The summed E-state index contributed by atoms with van der Waals surface area (Å²) in [7, 11) is -3.12. The lowest BCUT2D eigenvalue weighted by Gasteiger charge is -2.34. The van der Waals surface area contributed by atoms with Crippen LogP contribution in [0, 0.1) is 0 Å². The molecule has 0 spiro atoms. The number of anilines is 1. The van der Waals surface area contributed by atoms with E-state index in [0.717, 1.165) is 18.7 Å². The average molecular weight is 337 g/mol. The van der Waals surface area contributed by atoms with Gasteiger partial charge in [0.2, 0.25) is 15.9 Å². The summed E-state index contributed by atoms with van der Waals surface area (Å²) in [5, 5.41) is 0. The molecule has 0 atom stereocenters. The maximum Gasteiger partial charge on any atom is 0.241 e. The molecule has 6 nitrogen and oxygen atoms in total. The second-order valence-electron chi connectivity index (χ2n) is 6.00. The van der Waals surface area contributed by atoms with E-state index in [-0.39, 0.29) is 11.7 Å². The number of nitrogens with zero attached hydrogens (tertiary/aromatic N) is 3. The van der Waals surface area contributed by atoms with E-state index < -0.39 is 10.0 Å². The van der Waals surface area contributed by atoms with Crippen LogP contribution in [0.3, 0.4) is 0 Å². The Bertz CT molecular complexity index is 682. The number of hydrogen-bond donors (Lipinski definition) is 0. The number of fused-ring (bicyclic) bond motifs is 1. The first-order chi connectivity index (χ1) is 11.0. The van der Waals surface area contributed by atoms with Crippen LogP contribution in [-0.2, 0) is 21.2 Å². The Balaban J connectivity index is 1.57. The molecule has 0 aromatic heterocycles. The predicted molar refractivity (Wildman–Crippen MR) is 90.0 cm³/mol. The molecule has 3 rings (SSSR count). The highest BCUT2D eigenvalue weighted by molar-refractivity contribution is 7.89. The number of amides is 1. The van der Waals surface area contributed by atoms with Crippen LogP contribution in [0.1, 0.15) is 12.5 Å². The summed E-state index contributed by atoms with van der Waals surface area (Å²) in [6.07, 6.45) is 0.907. The zero-order valence-corrected chi connectivity index (χ0v) is 14.3. The molecule has 0 unspecified atom stereocenters. The number of rotatable bonds is 4. The largest absolute Gasteiger partial charge is 0.311 e.